The van der Waals surface area contributed by atoms with Gasteiger partial charge in [0.25, 0.3) is 0 Å². The number of furan rings is 1. The lowest BCUT2D eigenvalue weighted by molar-refractivity contribution is 0.0746. The summed E-state index contributed by atoms with van der Waals surface area (Å²) in [6.45, 7) is 9.45. The number of fused-ring (bicyclic) bond motifs is 3. The van der Waals surface area contributed by atoms with E-state index in [0.29, 0.717) is 28.6 Å². The lowest BCUT2D eigenvalue weighted by Gasteiger charge is -2.14. The second-order valence-electron chi connectivity index (χ2n) is 7.21. The van der Waals surface area contributed by atoms with Gasteiger partial charge in [0.2, 0.25) is 5.82 Å². The molecule has 0 aliphatic heterocycles. The molecule has 0 saturated heterocycles. The van der Waals surface area contributed by atoms with E-state index in [9.17, 15) is 5.11 Å². The molecule has 0 radical (unpaired) electrons. The Morgan fingerprint density at radius 2 is 2.00 bits per heavy atom. The molecule has 7 heteroatoms. The number of aromatic amines is 1. The number of nitrogens with zero attached hydrogens (tertiary/aromatic N) is 4. The monoisotopic (exact) mass is 339 g/mol. The van der Waals surface area contributed by atoms with Crippen LogP contribution >= 0.6 is 0 Å². The topological polar surface area (TPSA) is 92.2 Å². The highest BCUT2D eigenvalue weighted by atomic mass is 16.3. The van der Waals surface area contributed by atoms with Crippen LogP contribution in [0.4, 0.5) is 0 Å². The van der Waals surface area contributed by atoms with Gasteiger partial charge in [0.15, 0.2) is 17.2 Å². The summed E-state index contributed by atoms with van der Waals surface area (Å²) in [5.41, 5.74) is 1.03. The average molecular weight is 339 g/mol. The van der Waals surface area contributed by atoms with Gasteiger partial charge < -0.3 is 14.5 Å². The summed E-state index contributed by atoms with van der Waals surface area (Å²) in [7, 11) is 0. The minimum absolute atomic E-state index is 0.189. The van der Waals surface area contributed by atoms with Crippen LogP contribution in [0, 0.1) is 6.92 Å². The first-order valence-electron chi connectivity index (χ1n) is 8.33. The molecular weight excluding hydrogens is 318 g/mol. The molecule has 0 aromatic carbocycles. The van der Waals surface area contributed by atoms with Crippen LogP contribution in [-0.4, -0.2) is 29.7 Å². The normalized spacial score (nSPS) is 12.8. The largest absolute Gasteiger partial charge is 0.458 e. The Hall–Kier alpha value is -2.67. The van der Waals surface area contributed by atoms with Crippen molar-refractivity contribution in [2.75, 3.05) is 0 Å². The van der Waals surface area contributed by atoms with E-state index in [0.717, 1.165) is 17.0 Å². The van der Waals surface area contributed by atoms with Gasteiger partial charge in [-0.15, -0.1) is 5.10 Å². The van der Waals surface area contributed by atoms with Gasteiger partial charge in [-0.2, -0.15) is 4.52 Å². The summed E-state index contributed by atoms with van der Waals surface area (Å²) in [5.74, 6) is 2.94. The highest BCUT2D eigenvalue weighted by Gasteiger charge is 2.23. The molecule has 4 aromatic heterocycles. The van der Waals surface area contributed by atoms with Crippen LogP contribution in [0.3, 0.4) is 0 Å². The lowest BCUT2D eigenvalue weighted by Crippen LogP contribution is -2.15. The zero-order valence-electron chi connectivity index (χ0n) is 15.0. The molecule has 0 bridgehead atoms. The first kappa shape index (κ1) is 15.8. The first-order chi connectivity index (χ1) is 11.7. The molecule has 0 saturated carbocycles. The third-order valence-electron chi connectivity index (χ3n) is 4.22. The SMILES string of the molecule is Cc1ccc(-c2nc3[nH]c(C(C)(C)O)cc3c3nc(C(C)C)nn23)o1. The van der Waals surface area contributed by atoms with Crippen LogP contribution in [0.15, 0.2) is 22.6 Å². The van der Waals surface area contributed by atoms with Gasteiger partial charge in [-0.1, -0.05) is 13.8 Å². The van der Waals surface area contributed by atoms with E-state index < -0.39 is 5.60 Å². The van der Waals surface area contributed by atoms with Gasteiger partial charge in [0, 0.05) is 11.6 Å². The molecule has 0 aliphatic rings. The highest BCUT2D eigenvalue weighted by molar-refractivity contribution is 5.91. The Balaban J connectivity index is 2.09. The van der Waals surface area contributed by atoms with Crippen molar-refractivity contribution in [3.63, 3.8) is 0 Å². The smallest absolute Gasteiger partial charge is 0.201 e. The van der Waals surface area contributed by atoms with Crippen LogP contribution in [0.1, 0.15) is 50.9 Å². The lowest BCUT2D eigenvalue weighted by atomic mass is 10.1. The Labute approximate surface area is 144 Å². The molecule has 4 heterocycles. The van der Waals surface area contributed by atoms with Gasteiger partial charge in [-0.3, -0.25) is 0 Å². The fourth-order valence-electron chi connectivity index (χ4n) is 2.79. The summed E-state index contributed by atoms with van der Waals surface area (Å²) in [6.07, 6.45) is 0. The maximum atomic E-state index is 10.3. The zero-order valence-corrected chi connectivity index (χ0v) is 15.0. The van der Waals surface area contributed by atoms with Gasteiger partial charge in [-0.05, 0) is 39.0 Å². The second kappa shape index (κ2) is 5.16. The molecule has 4 aromatic rings. The minimum atomic E-state index is -1.000. The number of hydrogen-bond acceptors (Lipinski definition) is 5. The number of nitrogens with one attached hydrogen (secondary N) is 1. The Morgan fingerprint density at radius 1 is 1.24 bits per heavy atom. The van der Waals surface area contributed by atoms with Gasteiger partial charge in [0.1, 0.15) is 11.4 Å². The van der Waals surface area contributed by atoms with Crippen LogP contribution in [0.5, 0.6) is 0 Å². The molecule has 25 heavy (non-hydrogen) atoms. The molecule has 2 N–H and O–H groups in total. The number of hydrogen-bond donors (Lipinski definition) is 2. The predicted octanol–water partition coefficient (Wildman–Crippen LogP) is 3.52. The van der Waals surface area contributed by atoms with E-state index in [4.69, 9.17) is 14.4 Å². The molecule has 7 nitrogen and oxygen atoms in total. The van der Waals surface area contributed by atoms with Crippen molar-refractivity contribution in [1.82, 2.24) is 24.6 Å². The Kier molecular flexibility index (Phi) is 3.27. The van der Waals surface area contributed by atoms with E-state index in [2.05, 4.69) is 23.9 Å². The van der Waals surface area contributed by atoms with Gasteiger partial charge >= 0.3 is 0 Å². The van der Waals surface area contributed by atoms with Crippen LogP contribution in [0.25, 0.3) is 28.3 Å². The van der Waals surface area contributed by atoms with Crippen LogP contribution in [0.2, 0.25) is 0 Å². The van der Waals surface area contributed by atoms with Crippen molar-refractivity contribution in [2.24, 2.45) is 0 Å². The third-order valence-corrected chi connectivity index (χ3v) is 4.22. The van der Waals surface area contributed by atoms with Crippen molar-refractivity contribution in [1.29, 1.82) is 0 Å². The van der Waals surface area contributed by atoms with E-state index >= 15 is 0 Å². The van der Waals surface area contributed by atoms with E-state index in [-0.39, 0.29) is 5.92 Å². The third kappa shape index (κ3) is 2.51. The summed E-state index contributed by atoms with van der Waals surface area (Å²) >= 11 is 0. The number of rotatable bonds is 3. The maximum Gasteiger partial charge on any atom is 0.201 e. The Morgan fingerprint density at radius 3 is 2.60 bits per heavy atom. The van der Waals surface area contributed by atoms with Crippen LogP contribution in [-0.2, 0) is 5.60 Å². The summed E-state index contributed by atoms with van der Waals surface area (Å²) in [6, 6.07) is 5.65. The summed E-state index contributed by atoms with van der Waals surface area (Å²) in [4.78, 5) is 12.6. The number of aryl methyl sites for hydroxylation is 1. The molecular formula is C18H21N5O2. The fourth-order valence-corrected chi connectivity index (χ4v) is 2.79. The van der Waals surface area contributed by atoms with Crippen molar-refractivity contribution in [3.8, 4) is 11.6 Å². The summed E-state index contributed by atoms with van der Waals surface area (Å²) < 4.78 is 7.48. The van der Waals surface area contributed by atoms with Gasteiger partial charge in [0.05, 0.1) is 11.0 Å². The first-order valence-corrected chi connectivity index (χ1v) is 8.33. The minimum Gasteiger partial charge on any atom is -0.458 e. The number of aliphatic hydroxyl groups is 1. The molecule has 4 rings (SSSR count). The molecule has 130 valence electrons. The second-order valence-corrected chi connectivity index (χ2v) is 7.21. The molecule has 0 atom stereocenters. The number of H-pyrrole nitrogens is 1. The van der Waals surface area contributed by atoms with Crippen molar-refractivity contribution >= 4 is 16.7 Å². The molecule has 0 amide bonds. The molecule has 0 fully saturated rings. The molecule has 0 spiro atoms. The highest BCUT2D eigenvalue weighted by Crippen LogP contribution is 2.30. The average Bonchev–Trinajstić information content (AvgIpc) is 3.21. The van der Waals surface area contributed by atoms with Crippen molar-refractivity contribution in [3.05, 3.63) is 35.5 Å². The van der Waals surface area contributed by atoms with Gasteiger partial charge in [-0.25, -0.2) is 9.97 Å². The molecule has 0 aliphatic carbocycles. The van der Waals surface area contributed by atoms with Crippen molar-refractivity contribution < 1.29 is 9.52 Å². The van der Waals surface area contributed by atoms with Crippen LogP contribution < -0.4 is 0 Å². The molecule has 0 unspecified atom stereocenters. The maximum absolute atomic E-state index is 10.3. The summed E-state index contributed by atoms with van der Waals surface area (Å²) in [5, 5.41) is 15.8. The zero-order chi connectivity index (χ0) is 17.9. The van der Waals surface area contributed by atoms with Crippen molar-refractivity contribution in [2.45, 2.75) is 46.1 Å². The van der Waals surface area contributed by atoms with E-state index in [1.165, 1.54) is 0 Å². The standard InChI is InChI=1S/C18H21N5O2/c1-9(2)14-20-16-11-8-13(18(4,5)24)19-15(11)21-17(23(16)22-14)12-7-6-10(3)25-12/h6-9,19,24H,1-5H3. The fraction of sp³-hybridized carbons (Fsp3) is 0.389. The quantitative estimate of drug-likeness (QED) is 0.596. The van der Waals surface area contributed by atoms with E-state index in [1.54, 1.807) is 18.4 Å². The number of aromatic nitrogens is 5. The Bertz CT molecular complexity index is 1080. The predicted molar refractivity (Wildman–Crippen MR) is 94.4 cm³/mol. The van der Waals surface area contributed by atoms with E-state index in [1.807, 2.05) is 25.1 Å².